The minimum Gasteiger partial charge on any atom is -0.423 e. The van der Waals surface area contributed by atoms with Crippen molar-refractivity contribution in [3.05, 3.63) is 41.1 Å². The van der Waals surface area contributed by atoms with Crippen LogP contribution in [0.2, 0.25) is 5.02 Å². The molecular weight excluding hydrogens is 358 g/mol. The van der Waals surface area contributed by atoms with E-state index < -0.39 is 0 Å². The summed E-state index contributed by atoms with van der Waals surface area (Å²) in [6.45, 7) is 2.52. The molecule has 1 aromatic heterocycles. The minimum atomic E-state index is -0.299. The zero-order valence-corrected chi connectivity index (χ0v) is 15.4. The van der Waals surface area contributed by atoms with Gasteiger partial charge in [-0.05, 0) is 18.2 Å². The van der Waals surface area contributed by atoms with Gasteiger partial charge in [-0.3, -0.25) is 4.79 Å². The third-order valence-corrected chi connectivity index (χ3v) is 4.34. The van der Waals surface area contributed by atoms with E-state index in [-0.39, 0.29) is 30.9 Å². The van der Waals surface area contributed by atoms with Gasteiger partial charge in [0.25, 0.3) is 0 Å². The number of nitrogens with zero attached hydrogens (tertiary/aromatic N) is 4. The quantitative estimate of drug-likeness (QED) is 0.862. The SMILES string of the molecule is CCc1nnc(CN(C)C(=O)NC2CC(=O)N(c3cccc(Cl)c3)C2)o1. The molecule has 2 aromatic rings. The maximum atomic E-state index is 12.4. The first-order valence-corrected chi connectivity index (χ1v) is 8.73. The van der Waals surface area contributed by atoms with Crippen LogP contribution in [0, 0.1) is 0 Å². The normalized spacial score (nSPS) is 16.8. The molecule has 0 bridgehead atoms. The summed E-state index contributed by atoms with van der Waals surface area (Å²) in [5, 5.41) is 11.2. The van der Waals surface area contributed by atoms with Crippen LogP contribution < -0.4 is 10.2 Å². The Hall–Kier alpha value is -2.61. The lowest BCUT2D eigenvalue weighted by Crippen LogP contribution is -2.44. The van der Waals surface area contributed by atoms with Crippen molar-refractivity contribution in [2.24, 2.45) is 0 Å². The molecule has 8 nitrogen and oxygen atoms in total. The van der Waals surface area contributed by atoms with Gasteiger partial charge in [0.1, 0.15) is 6.54 Å². The molecule has 26 heavy (non-hydrogen) atoms. The Morgan fingerprint density at radius 2 is 2.19 bits per heavy atom. The second kappa shape index (κ2) is 7.74. The topological polar surface area (TPSA) is 91.6 Å². The second-order valence-electron chi connectivity index (χ2n) is 6.13. The van der Waals surface area contributed by atoms with Crippen molar-refractivity contribution in [3.63, 3.8) is 0 Å². The lowest BCUT2D eigenvalue weighted by molar-refractivity contribution is -0.117. The number of aryl methyl sites for hydroxylation is 1. The number of urea groups is 1. The third-order valence-electron chi connectivity index (χ3n) is 4.10. The number of hydrogen-bond donors (Lipinski definition) is 1. The first-order valence-electron chi connectivity index (χ1n) is 8.35. The number of anilines is 1. The molecular formula is C17H20ClN5O3. The van der Waals surface area contributed by atoms with Gasteiger partial charge in [-0.25, -0.2) is 4.79 Å². The number of carbonyl (C=O) groups is 2. The number of benzene rings is 1. The van der Waals surface area contributed by atoms with Crippen LogP contribution in [-0.4, -0.2) is 46.7 Å². The third kappa shape index (κ3) is 4.13. The van der Waals surface area contributed by atoms with Gasteiger partial charge < -0.3 is 19.5 Å². The lowest BCUT2D eigenvalue weighted by atomic mass is 10.2. The summed E-state index contributed by atoms with van der Waals surface area (Å²) in [6.07, 6.45) is 0.888. The molecule has 0 aliphatic carbocycles. The first kappa shape index (κ1) is 18.2. The van der Waals surface area contributed by atoms with E-state index in [4.69, 9.17) is 16.0 Å². The summed E-state index contributed by atoms with van der Waals surface area (Å²) in [6, 6.07) is 6.52. The Balaban J connectivity index is 1.57. The van der Waals surface area contributed by atoms with E-state index in [0.717, 1.165) is 5.69 Å². The predicted molar refractivity (Wildman–Crippen MR) is 95.9 cm³/mol. The number of hydrogen-bond acceptors (Lipinski definition) is 5. The van der Waals surface area contributed by atoms with E-state index in [1.807, 2.05) is 13.0 Å². The Kier molecular flexibility index (Phi) is 5.41. The number of carbonyl (C=O) groups excluding carboxylic acids is 2. The van der Waals surface area contributed by atoms with E-state index >= 15 is 0 Å². The van der Waals surface area contributed by atoms with Crippen molar-refractivity contribution < 1.29 is 14.0 Å². The van der Waals surface area contributed by atoms with Crippen LogP contribution in [0.15, 0.2) is 28.7 Å². The summed E-state index contributed by atoms with van der Waals surface area (Å²) >= 11 is 5.99. The summed E-state index contributed by atoms with van der Waals surface area (Å²) < 4.78 is 5.41. The summed E-state index contributed by atoms with van der Waals surface area (Å²) in [4.78, 5) is 27.7. The van der Waals surface area contributed by atoms with Gasteiger partial charge in [-0.2, -0.15) is 0 Å². The average Bonchev–Trinajstić information content (AvgIpc) is 3.21. The van der Waals surface area contributed by atoms with Gasteiger partial charge in [-0.1, -0.05) is 24.6 Å². The highest BCUT2D eigenvalue weighted by Crippen LogP contribution is 2.24. The minimum absolute atomic E-state index is 0.0512. The maximum absolute atomic E-state index is 12.4. The molecule has 9 heteroatoms. The molecule has 1 saturated heterocycles. The molecule has 0 saturated carbocycles. The van der Waals surface area contributed by atoms with Crippen molar-refractivity contribution in [2.45, 2.75) is 32.4 Å². The molecule has 2 heterocycles. The molecule has 1 aliphatic heterocycles. The summed E-state index contributed by atoms with van der Waals surface area (Å²) in [5.41, 5.74) is 0.727. The van der Waals surface area contributed by atoms with Crippen LogP contribution in [0.4, 0.5) is 10.5 Å². The van der Waals surface area contributed by atoms with Crippen LogP contribution >= 0.6 is 11.6 Å². The standard InChI is InChI=1S/C17H20ClN5O3/c1-3-14-20-21-15(26-14)10-22(2)17(25)19-12-8-16(24)23(9-12)13-6-4-5-11(18)7-13/h4-7,12H,3,8-10H2,1-2H3,(H,19,25). The van der Waals surface area contributed by atoms with Crippen LogP contribution in [0.25, 0.3) is 0 Å². The van der Waals surface area contributed by atoms with Crippen molar-refractivity contribution in [1.29, 1.82) is 0 Å². The van der Waals surface area contributed by atoms with E-state index in [9.17, 15) is 9.59 Å². The van der Waals surface area contributed by atoms with E-state index in [1.54, 1.807) is 30.1 Å². The van der Waals surface area contributed by atoms with E-state index in [0.29, 0.717) is 29.8 Å². The van der Waals surface area contributed by atoms with Crippen molar-refractivity contribution in [3.8, 4) is 0 Å². The maximum Gasteiger partial charge on any atom is 0.317 e. The van der Waals surface area contributed by atoms with Gasteiger partial charge in [0, 0.05) is 37.1 Å². The zero-order valence-electron chi connectivity index (χ0n) is 14.6. The van der Waals surface area contributed by atoms with Crippen molar-refractivity contribution in [1.82, 2.24) is 20.4 Å². The van der Waals surface area contributed by atoms with Crippen LogP contribution in [0.1, 0.15) is 25.1 Å². The lowest BCUT2D eigenvalue weighted by Gasteiger charge is -2.20. The van der Waals surface area contributed by atoms with E-state index in [2.05, 4.69) is 15.5 Å². The molecule has 1 aliphatic rings. The van der Waals surface area contributed by atoms with Crippen molar-refractivity contribution in [2.75, 3.05) is 18.5 Å². The fourth-order valence-electron chi connectivity index (χ4n) is 2.75. The highest BCUT2D eigenvalue weighted by atomic mass is 35.5. The largest absolute Gasteiger partial charge is 0.423 e. The molecule has 3 amide bonds. The molecule has 1 aromatic carbocycles. The Morgan fingerprint density at radius 3 is 2.88 bits per heavy atom. The summed E-state index contributed by atoms with van der Waals surface area (Å²) in [7, 11) is 1.64. The monoisotopic (exact) mass is 377 g/mol. The molecule has 3 rings (SSSR count). The molecule has 0 spiro atoms. The van der Waals surface area contributed by atoms with E-state index in [1.165, 1.54) is 4.90 Å². The van der Waals surface area contributed by atoms with Gasteiger partial charge in [0.2, 0.25) is 17.7 Å². The number of halogens is 1. The highest BCUT2D eigenvalue weighted by molar-refractivity contribution is 6.30. The van der Waals surface area contributed by atoms with Crippen molar-refractivity contribution >= 4 is 29.2 Å². The van der Waals surface area contributed by atoms with Crippen LogP contribution in [0.5, 0.6) is 0 Å². The Morgan fingerprint density at radius 1 is 1.42 bits per heavy atom. The molecule has 1 atom stereocenters. The smallest absolute Gasteiger partial charge is 0.317 e. The molecule has 1 unspecified atom stereocenters. The Labute approximate surface area is 156 Å². The number of amides is 3. The first-order chi connectivity index (χ1) is 12.5. The van der Waals surface area contributed by atoms with Gasteiger partial charge >= 0.3 is 6.03 Å². The molecule has 1 N–H and O–H groups in total. The number of aromatic nitrogens is 2. The zero-order chi connectivity index (χ0) is 18.7. The van der Waals surface area contributed by atoms with Gasteiger partial charge in [0.15, 0.2) is 0 Å². The van der Waals surface area contributed by atoms with Crippen LogP contribution in [-0.2, 0) is 17.8 Å². The number of rotatable bonds is 5. The molecule has 1 fully saturated rings. The molecule has 138 valence electrons. The fraction of sp³-hybridized carbons (Fsp3) is 0.412. The number of nitrogens with one attached hydrogen (secondary N) is 1. The second-order valence-corrected chi connectivity index (χ2v) is 6.57. The Bertz CT molecular complexity index is 809. The molecule has 0 radical (unpaired) electrons. The predicted octanol–water partition coefficient (Wildman–Crippen LogP) is 2.23. The van der Waals surface area contributed by atoms with Crippen LogP contribution in [0.3, 0.4) is 0 Å². The fourth-order valence-corrected chi connectivity index (χ4v) is 2.94. The summed E-state index contributed by atoms with van der Waals surface area (Å²) in [5.74, 6) is 0.861. The van der Waals surface area contributed by atoms with Gasteiger partial charge in [-0.15, -0.1) is 10.2 Å². The average molecular weight is 378 g/mol. The van der Waals surface area contributed by atoms with Gasteiger partial charge in [0.05, 0.1) is 6.04 Å². The highest BCUT2D eigenvalue weighted by Gasteiger charge is 2.32.